The minimum atomic E-state index is -1.44. The summed E-state index contributed by atoms with van der Waals surface area (Å²) in [5.41, 5.74) is 6.36. The van der Waals surface area contributed by atoms with E-state index >= 15 is 0 Å². The smallest absolute Gasteiger partial charge is 0.141 e. The van der Waals surface area contributed by atoms with E-state index < -0.39 is 22.4 Å². The largest absolute Gasteiger partial charge is 0.398 e. The molecule has 0 heterocycles. The number of halogens is 3. The predicted octanol–water partition coefficient (Wildman–Crippen LogP) is 3.51. The van der Waals surface area contributed by atoms with E-state index in [0.717, 1.165) is 6.07 Å². The third-order valence-corrected chi connectivity index (χ3v) is 4.25. The Morgan fingerprint density at radius 1 is 1.16 bits per heavy atom. The highest BCUT2D eigenvalue weighted by Crippen LogP contribution is 2.22. The number of hydrogen-bond acceptors (Lipinski definition) is 2. The van der Waals surface area contributed by atoms with Crippen molar-refractivity contribution in [1.82, 2.24) is 0 Å². The van der Waals surface area contributed by atoms with Crippen LogP contribution in [0.25, 0.3) is 0 Å². The number of benzene rings is 2. The Bertz CT molecular complexity index is 649. The molecule has 0 aromatic heterocycles. The van der Waals surface area contributed by atoms with Gasteiger partial charge >= 0.3 is 0 Å². The molecule has 1 unspecified atom stereocenters. The molecule has 0 saturated heterocycles. The van der Waals surface area contributed by atoms with Gasteiger partial charge in [0.05, 0.1) is 32.2 Å². The standard InChI is InChI=1S/C13H10ClF2NOS/c14-10-5-8(1-3-11(10)16)7-19(18)13-4-2-9(15)6-12(13)17/h1-6H,7,17H2. The predicted molar refractivity (Wildman–Crippen MR) is 72.3 cm³/mol. The van der Waals surface area contributed by atoms with E-state index in [9.17, 15) is 13.0 Å². The maximum absolute atomic E-state index is 13.0. The summed E-state index contributed by atoms with van der Waals surface area (Å²) in [7, 11) is -1.44. The molecule has 2 aromatic carbocycles. The normalized spacial score (nSPS) is 12.4. The molecule has 6 heteroatoms. The molecule has 0 spiro atoms. The van der Waals surface area contributed by atoms with Gasteiger partial charge in [-0.3, -0.25) is 4.21 Å². The van der Waals surface area contributed by atoms with Crippen LogP contribution in [-0.4, -0.2) is 4.21 Å². The highest BCUT2D eigenvalue weighted by Gasteiger charge is 2.11. The van der Waals surface area contributed by atoms with Gasteiger partial charge in [-0.2, -0.15) is 0 Å². The minimum absolute atomic E-state index is 0.0263. The summed E-state index contributed by atoms with van der Waals surface area (Å²) in [6, 6.07) is 7.81. The molecule has 0 bridgehead atoms. The fraction of sp³-hybridized carbons (Fsp3) is 0.0769. The summed E-state index contributed by atoms with van der Waals surface area (Å²) in [5, 5.41) is -0.0263. The molecule has 2 aromatic rings. The molecule has 2 nitrogen and oxygen atoms in total. The van der Waals surface area contributed by atoms with E-state index in [-0.39, 0.29) is 16.5 Å². The fourth-order valence-corrected chi connectivity index (χ4v) is 2.97. The zero-order chi connectivity index (χ0) is 14.0. The third kappa shape index (κ3) is 3.30. The number of rotatable bonds is 3. The van der Waals surface area contributed by atoms with Crippen molar-refractivity contribution in [3.63, 3.8) is 0 Å². The van der Waals surface area contributed by atoms with Crippen LogP contribution in [0.4, 0.5) is 14.5 Å². The molecule has 2 rings (SSSR count). The fourth-order valence-electron chi connectivity index (χ4n) is 1.59. The highest BCUT2D eigenvalue weighted by molar-refractivity contribution is 7.84. The van der Waals surface area contributed by atoms with Crippen LogP contribution in [0, 0.1) is 11.6 Å². The molecular weight excluding hydrogens is 292 g/mol. The zero-order valence-electron chi connectivity index (χ0n) is 9.70. The van der Waals surface area contributed by atoms with Crippen molar-refractivity contribution in [1.29, 1.82) is 0 Å². The van der Waals surface area contributed by atoms with Gasteiger partial charge in [-0.05, 0) is 35.9 Å². The lowest BCUT2D eigenvalue weighted by Crippen LogP contribution is -2.01. The maximum atomic E-state index is 13.0. The second-order valence-electron chi connectivity index (χ2n) is 3.92. The molecule has 100 valence electrons. The van der Waals surface area contributed by atoms with E-state index in [2.05, 4.69) is 0 Å². The molecule has 0 aliphatic heterocycles. The summed E-state index contributed by atoms with van der Waals surface area (Å²) < 4.78 is 38.0. The van der Waals surface area contributed by atoms with Crippen LogP contribution in [-0.2, 0) is 16.6 Å². The van der Waals surface area contributed by atoms with Crippen LogP contribution in [0.15, 0.2) is 41.3 Å². The summed E-state index contributed by atoms with van der Waals surface area (Å²) in [4.78, 5) is 0.349. The Kier molecular flexibility index (Phi) is 4.17. The van der Waals surface area contributed by atoms with Crippen LogP contribution in [0.3, 0.4) is 0 Å². The lowest BCUT2D eigenvalue weighted by Gasteiger charge is -2.06. The number of nitrogens with two attached hydrogens (primary N) is 1. The SMILES string of the molecule is Nc1cc(F)ccc1S(=O)Cc1ccc(F)c(Cl)c1. The van der Waals surface area contributed by atoms with E-state index in [1.807, 2.05) is 0 Å². The van der Waals surface area contributed by atoms with Gasteiger partial charge in [0.25, 0.3) is 0 Å². The first-order valence-electron chi connectivity index (χ1n) is 5.34. The van der Waals surface area contributed by atoms with Crippen LogP contribution in [0.5, 0.6) is 0 Å². The molecule has 19 heavy (non-hydrogen) atoms. The summed E-state index contributed by atoms with van der Waals surface area (Å²) in [6.45, 7) is 0. The van der Waals surface area contributed by atoms with Gasteiger partial charge in [0.2, 0.25) is 0 Å². The molecular formula is C13H10ClF2NOS. The monoisotopic (exact) mass is 301 g/mol. The van der Waals surface area contributed by atoms with Crippen LogP contribution < -0.4 is 5.73 Å². The first kappa shape index (κ1) is 14.0. The lowest BCUT2D eigenvalue weighted by molar-refractivity contribution is 0.626. The molecule has 0 aliphatic rings. The lowest BCUT2D eigenvalue weighted by atomic mass is 10.2. The molecule has 0 amide bonds. The van der Waals surface area contributed by atoms with Crippen molar-refractivity contribution in [2.45, 2.75) is 10.6 Å². The number of anilines is 1. The Morgan fingerprint density at radius 3 is 2.53 bits per heavy atom. The molecule has 0 fully saturated rings. The van der Waals surface area contributed by atoms with Gasteiger partial charge in [0.15, 0.2) is 0 Å². The summed E-state index contributed by atoms with van der Waals surface area (Å²) in [6.07, 6.45) is 0. The third-order valence-electron chi connectivity index (χ3n) is 2.50. The Labute approximate surface area is 116 Å². The first-order chi connectivity index (χ1) is 8.97. The van der Waals surface area contributed by atoms with Gasteiger partial charge in [0, 0.05) is 0 Å². The summed E-state index contributed by atoms with van der Waals surface area (Å²) >= 11 is 5.65. The Hall–Kier alpha value is -1.46. The van der Waals surface area contributed by atoms with Crippen molar-refractivity contribution in [3.8, 4) is 0 Å². The second-order valence-corrected chi connectivity index (χ2v) is 5.75. The molecule has 1 atom stereocenters. The molecule has 0 aliphatic carbocycles. The number of hydrogen-bond donors (Lipinski definition) is 1. The van der Waals surface area contributed by atoms with Crippen molar-refractivity contribution in [2.24, 2.45) is 0 Å². The van der Waals surface area contributed by atoms with Crippen molar-refractivity contribution in [2.75, 3.05) is 5.73 Å². The van der Waals surface area contributed by atoms with Crippen LogP contribution in [0.1, 0.15) is 5.56 Å². The molecule has 0 radical (unpaired) electrons. The number of nitrogen functional groups attached to an aromatic ring is 1. The van der Waals surface area contributed by atoms with E-state index in [4.69, 9.17) is 17.3 Å². The second kappa shape index (κ2) is 5.67. The average molecular weight is 302 g/mol. The van der Waals surface area contributed by atoms with Gasteiger partial charge in [-0.1, -0.05) is 17.7 Å². The quantitative estimate of drug-likeness (QED) is 0.882. The Morgan fingerprint density at radius 2 is 1.89 bits per heavy atom. The maximum Gasteiger partial charge on any atom is 0.141 e. The molecule has 2 N–H and O–H groups in total. The van der Waals surface area contributed by atoms with E-state index in [1.54, 1.807) is 0 Å². The van der Waals surface area contributed by atoms with Gasteiger partial charge in [0.1, 0.15) is 11.6 Å². The van der Waals surface area contributed by atoms with Gasteiger partial charge in [-0.25, -0.2) is 8.78 Å². The summed E-state index contributed by atoms with van der Waals surface area (Å²) in [5.74, 6) is -0.879. The van der Waals surface area contributed by atoms with Gasteiger partial charge in [-0.15, -0.1) is 0 Å². The van der Waals surface area contributed by atoms with Crippen molar-refractivity contribution >= 4 is 28.1 Å². The van der Waals surface area contributed by atoms with E-state index in [0.29, 0.717) is 10.5 Å². The average Bonchev–Trinajstić information content (AvgIpc) is 2.33. The first-order valence-corrected chi connectivity index (χ1v) is 7.04. The highest BCUT2D eigenvalue weighted by atomic mass is 35.5. The zero-order valence-corrected chi connectivity index (χ0v) is 11.3. The van der Waals surface area contributed by atoms with E-state index in [1.165, 1.54) is 30.3 Å². The van der Waals surface area contributed by atoms with Crippen molar-refractivity contribution < 1.29 is 13.0 Å². The Balaban J connectivity index is 2.23. The minimum Gasteiger partial charge on any atom is -0.398 e. The molecule has 0 saturated carbocycles. The van der Waals surface area contributed by atoms with Crippen LogP contribution >= 0.6 is 11.6 Å². The van der Waals surface area contributed by atoms with Crippen LogP contribution in [0.2, 0.25) is 5.02 Å². The topological polar surface area (TPSA) is 43.1 Å². The van der Waals surface area contributed by atoms with Crippen molar-refractivity contribution in [3.05, 3.63) is 58.6 Å². The van der Waals surface area contributed by atoms with Gasteiger partial charge < -0.3 is 5.73 Å².